The Morgan fingerprint density at radius 3 is 2.56 bits per heavy atom. The fourth-order valence-electron chi connectivity index (χ4n) is 5.09. The molecule has 0 saturated carbocycles. The molecular formula is C31H33N5O2S. The highest BCUT2D eigenvalue weighted by molar-refractivity contribution is 7.80. The molecule has 39 heavy (non-hydrogen) atoms. The summed E-state index contributed by atoms with van der Waals surface area (Å²) in [7, 11) is 0. The van der Waals surface area contributed by atoms with Crippen LogP contribution < -0.4 is 15.4 Å². The van der Waals surface area contributed by atoms with Crippen LogP contribution >= 0.6 is 12.2 Å². The summed E-state index contributed by atoms with van der Waals surface area (Å²) in [5, 5.41) is 7.18. The number of thiocarbonyl (C=S) groups is 1. The third-order valence-electron chi connectivity index (χ3n) is 6.96. The summed E-state index contributed by atoms with van der Waals surface area (Å²) in [5.41, 5.74) is 4.95. The van der Waals surface area contributed by atoms with Crippen LogP contribution in [0.1, 0.15) is 49.3 Å². The van der Waals surface area contributed by atoms with Crippen LogP contribution in [0.15, 0.2) is 91.3 Å². The first-order valence-electron chi connectivity index (χ1n) is 13.3. The molecule has 0 aliphatic carbocycles. The molecule has 7 nitrogen and oxygen atoms in total. The van der Waals surface area contributed by atoms with E-state index in [-0.39, 0.29) is 18.0 Å². The Morgan fingerprint density at radius 1 is 1.03 bits per heavy atom. The maximum atomic E-state index is 13.0. The van der Waals surface area contributed by atoms with Crippen LogP contribution in [0, 0.1) is 0 Å². The molecule has 2 aromatic carbocycles. The Hall–Kier alpha value is -4.17. The van der Waals surface area contributed by atoms with Gasteiger partial charge in [0, 0.05) is 42.4 Å². The van der Waals surface area contributed by atoms with Crippen molar-refractivity contribution in [2.75, 3.05) is 18.5 Å². The van der Waals surface area contributed by atoms with Crippen molar-refractivity contribution in [3.63, 3.8) is 0 Å². The van der Waals surface area contributed by atoms with E-state index < -0.39 is 0 Å². The Balaban J connectivity index is 1.42. The molecule has 5 rings (SSSR count). The average molecular weight is 540 g/mol. The molecule has 0 bridgehead atoms. The smallest absolute Gasteiger partial charge is 0.226 e. The minimum atomic E-state index is -0.168. The number of aryl methyl sites for hydroxylation is 1. The van der Waals surface area contributed by atoms with Crippen molar-refractivity contribution in [1.82, 2.24) is 19.8 Å². The summed E-state index contributed by atoms with van der Waals surface area (Å²) < 4.78 is 7.80. The SMILES string of the molecule is CCOc1ccc(-n2cccc2[C@H]2[C@@H](c3ccccn3)NC(=S)N2CCC(=O)Nc2ccccc2CC)cc1. The molecule has 1 amide bonds. The van der Waals surface area contributed by atoms with E-state index in [4.69, 9.17) is 17.0 Å². The van der Waals surface area contributed by atoms with Crippen LogP contribution in [-0.4, -0.2) is 38.6 Å². The first-order chi connectivity index (χ1) is 19.1. The highest BCUT2D eigenvalue weighted by atomic mass is 32.1. The van der Waals surface area contributed by atoms with Gasteiger partial charge in [-0.15, -0.1) is 0 Å². The van der Waals surface area contributed by atoms with E-state index in [9.17, 15) is 4.79 Å². The number of hydrogen-bond donors (Lipinski definition) is 2. The second-order valence-electron chi connectivity index (χ2n) is 9.36. The molecule has 2 aromatic heterocycles. The van der Waals surface area contributed by atoms with Gasteiger partial charge >= 0.3 is 0 Å². The third kappa shape index (κ3) is 5.81. The van der Waals surface area contributed by atoms with E-state index in [1.807, 2.05) is 79.7 Å². The van der Waals surface area contributed by atoms with Crippen LogP contribution in [0.25, 0.3) is 5.69 Å². The van der Waals surface area contributed by atoms with Gasteiger partial charge < -0.3 is 24.8 Å². The number of amides is 1. The molecule has 1 aliphatic heterocycles. The zero-order valence-electron chi connectivity index (χ0n) is 22.2. The van der Waals surface area contributed by atoms with Gasteiger partial charge in [0.15, 0.2) is 5.11 Å². The summed E-state index contributed by atoms with van der Waals surface area (Å²) in [4.78, 5) is 19.8. The molecule has 1 saturated heterocycles. The number of hydrogen-bond acceptors (Lipinski definition) is 4. The first-order valence-corrected chi connectivity index (χ1v) is 13.8. The number of aromatic nitrogens is 2. The van der Waals surface area contributed by atoms with Gasteiger partial charge in [-0.2, -0.15) is 0 Å². The fourth-order valence-corrected chi connectivity index (χ4v) is 5.42. The highest BCUT2D eigenvalue weighted by Gasteiger charge is 2.41. The number of para-hydroxylation sites is 1. The lowest BCUT2D eigenvalue weighted by Crippen LogP contribution is -2.33. The molecule has 0 spiro atoms. The number of ether oxygens (including phenoxy) is 1. The number of nitrogens with zero attached hydrogens (tertiary/aromatic N) is 3. The maximum Gasteiger partial charge on any atom is 0.226 e. The Morgan fingerprint density at radius 2 is 1.82 bits per heavy atom. The average Bonchev–Trinajstić information content (AvgIpc) is 3.57. The van der Waals surface area contributed by atoms with Crippen molar-refractivity contribution in [1.29, 1.82) is 0 Å². The normalized spacial score (nSPS) is 16.7. The third-order valence-corrected chi connectivity index (χ3v) is 7.31. The maximum absolute atomic E-state index is 13.0. The van der Waals surface area contributed by atoms with E-state index >= 15 is 0 Å². The van der Waals surface area contributed by atoms with E-state index in [0.717, 1.165) is 40.5 Å². The van der Waals surface area contributed by atoms with Gasteiger partial charge in [0.1, 0.15) is 5.75 Å². The topological polar surface area (TPSA) is 71.4 Å². The van der Waals surface area contributed by atoms with Crippen LogP contribution in [0.2, 0.25) is 0 Å². The predicted octanol–water partition coefficient (Wildman–Crippen LogP) is 5.83. The first kappa shape index (κ1) is 26.4. The number of anilines is 1. The lowest BCUT2D eigenvalue weighted by molar-refractivity contribution is -0.116. The molecule has 200 valence electrons. The van der Waals surface area contributed by atoms with Crippen LogP contribution in [0.3, 0.4) is 0 Å². The van der Waals surface area contributed by atoms with Crippen molar-refractivity contribution in [3.05, 3.63) is 108 Å². The number of rotatable bonds is 10. The molecule has 0 radical (unpaired) electrons. The van der Waals surface area contributed by atoms with Gasteiger partial charge in [0.25, 0.3) is 0 Å². The van der Waals surface area contributed by atoms with Gasteiger partial charge in [-0.1, -0.05) is 31.2 Å². The standard InChI is InChI=1S/C31H33N5O2S/c1-3-22-10-5-6-11-25(22)33-28(37)18-21-36-30(29(34-31(36)39)26-12-7-8-19-32-26)27-13-9-20-35(27)23-14-16-24(17-15-23)38-4-2/h5-17,19-20,29-30H,3-4,18,21H2,1-2H3,(H,33,37)(H,34,39)/t29-,30+/m1/s1. The molecule has 4 aromatic rings. The Bertz CT molecular complexity index is 1420. The van der Waals surface area contributed by atoms with Gasteiger partial charge in [-0.05, 0) is 85.7 Å². The monoisotopic (exact) mass is 539 g/mol. The lowest BCUT2D eigenvalue weighted by atomic mass is 10.0. The van der Waals surface area contributed by atoms with Crippen LogP contribution in [0.4, 0.5) is 5.69 Å². The summed E-state index contributed by atoms with van der Waals surface area (Å²) in [6.07, 6.45) is 5.00. The minimum absolute atomic E-state index is 0.0411. The van der Waals surface area contributed by atoms with Crippen molar-refractivity contribution < 1.29 is 9.53 Å². The lowest BCUT2D eigenvalue weighted by Gasteiger charge is -2.29. The summed E-state index contributed by atoms with van der Waals surface area (Å²) in [5.74, 6) is 0.794. The molecule has 1 fully saturated rings. The second-order valence-corrected chi connectivity index (χ2v) is 9.75. The summed E-state index contributed by atoms with van der Waals surface area (Å²) in [6, 6.07) is 25.7. The predicted molar refractivity (Wildman–Crippen MR) is 158 cm³/mol. The van der Waals surface area contributed by atoms with Crippen molar-refractivity contribution in [2.45, 2.75) is 38.8 Å². The zero-order chi connectivity index (χ0) is 27.2. The van der Waals surface area contributed by atoms with Crippen molar-refractivity contribution in [2.24, 2.45) is 0 Å². The number of nitrogens with one attached hydrogen (secondary N) is 2. The molecule has 1 aliphatic rings. The van der Waals surface area contributed by atoms with Crippen molar-refractivity contribution >= 4 is 28.9 Å². The van der Waals surface area contributed by atoms with Crippen molar-refractivity contribution in [3.8, 4) is 11.4 Å². The Kier molecular flexibility index (Phi) is 8.22. The molecule has 2 N–H and O–H groups in total. The van der Waals surface area contributed by atoms with E-state index in [1.165, 1.54) is 0 Å². The molecule has 2 atom stereocenters. The van der Waals surface area contributed by atoms with Gasteiger partial charge in [-0.3, -0.25) is 9.78 Å². The largest absolute Gasteiger partial charge is 0.494 e. The van der Waals surface area contributed by atoms with Crippen LogP contribution in [0.5, 0.6) is 5.75 Å². The minimum Gasteiger partial charge on any atom is -0.494 e. The van der Waals surface area contributed by atoms with E-state index in [2.05, 4.69) is 44.3 Å². The quantitative estimate of drug-likeness (QED) is 0.247. The molecule has 3 heterocycles. The second kappa shape index (κ2) is 12.1. The Labute approximate surface area is 234 Å². The zero-order valence-corrected chi connectivity index (χ0v) is 23.0. The van der Waals surface area contributed by atoms with Crippen LogP contribution in [-0.2, 0) is 11.2 Å². The number of carbonyl (C=O) groups excluding carboxylic acids is 1. The van der Waals surface area contributed by atoms with E-state index in [1.54, 1.807) is 6.20 Å². The number of carbonyl (C=O) groups is 1. The molecule has 0 unspecified atom stereocenters. The summed E-state index contributed by atoms with van der Waals surface area (Å²) in [6.45, 7) is 5.15. The molecular weight excluding hydrogens is 506 g/mol. The van der Waals surface area contributed by atoms with E-state index in [0.29, 0.717) is 24.7 Å². The number of benzene rings is 2. The summed E-state index contributed by atoms with van der Waals surface area (Å²) >= 11 is 5.83. The van der Waals surface area contributed by atoms with Gasteiger partial charge in [-0.25, -0.2) is 0 Å². The molecule has 8 heteroatoms. The van der Waals surface area contributed by atoms with Gasteiger partial charge in [0.2, 0.25) is 5.91 Å². The number of pyridine rings is 1. The highest BCUT2D eigenvalue weighted by Crippen LogP contribution is 2.39. The fraction of sp³-hybridized carbons (Fsp3) is 0.258. The van der Waals surface area contributed by atoms with Gasteiger partial charge in [0.05, 0.1) is 24.4 Å².